The van der Waals surface area contributed by atoms with Crippen LogP contribution >= 0.6 is 0 Å². The first-order valence-corrected chi connectivity index (χ1v) is 33.7. The van der Waals surface area contributed by atoms with Gasteiger partial charge in [0.05, 0.1) is 0 Å². The molecule has 0 aromatic heterocycles. The van der Waals surface area contributed by atoms with E-state index in [1.54, 1.807) is 0 Å². The van der Waals surface area contributed by atoms with Gasteiger partial charge in [-0.1, -0.05) is 283 Å². The average molecular weight is 1120 g/mol. The Morgan fingerprint density at radius 1 is 0.259 bits per heavy atom. The summed E-state index contributed by atoms with van der Waals surface area (Å²) in [6, 6.07) is 0. The largest absolute Gasteiger partial charge is 0.462 e. The van der Waals surface area contributed by atoms with Gasteiger partial charge in [0.15, 0.2) is 6.10 Å². The zero-order chi connectivity index (χ0) is 58.5. The Hall–Kier alpha value is -4.45. The molecule has 0 N–H and O–H groups in total. The van der Waals surface area contributed by atoms with Crippen LogP contribution in [0.15, 0.2) is 134 Å². The molecule has 0 fully saturated rings. The minimum absolute atomic E-state index is 0.0923. The Morgan fingerprint density at radius 2 is 0.481 bits per heavy atom. The van der Waals surface area contributed by atoms with Gasteiger partial charge in [-0.2, -0.15) is 0 Å². The molecule has 460 valence electrons. The van der Waals surface area contributed by atoms with Crippen LogP contribution in [0.4, 0.5) is 0 Å². The van der Waals surface area contributed by atoms with Crippen LogP contribution in [0.2, 0.25) is 0 Å². The first kappa shape index (κ1) is 76.5. The molecular formula is C75H124O6. The third kappa shape index (κ3) is 66.2. The molecule has 1 unspecified atom stereocenters. The lowest BCUT2D eigenvalue weighted by molar-refractivity contribution is -0.167. The molecular weight excluding hydrogens is 997 g/mol. The Morgan fingerprint density at radius 3 is 0.765 bits per heavy atom. The molecule has 0 aromatic rings. The number of carbonyl (C=O) groups excluding carboxylic acids is 3. The predicted molar refractivity (Wildman–Crippen MR) is 353 cm³/mol. The molecule has 0 bridgehead atoms. The summed E-state index contributed by atoms with van der Waals surface area (Å²) in [6.07, 6.45) is 96.1. The number of allylic oxidation sites excluding steroid dienone is 22. The van der Waals surface area contributed by atoms with Crippen molar-refractivity contribution < 1.29 is 28.6 Å². The molecule has 81 heavy (non-hydrogen) atoms. The standard InChI is InChI=1S/C75H124O6/c1-4-7-10-13-16-19-22-25-27-29-30-31-32-33-34-35-36-37-38-39-40-41-42-43-44-46-47-50-53-56-59-62-65-68-74(77)80-71-72(70-79-73(76)67-64-61-58-55-52-49-24-21-18-15-12-9-6-3)81-75(78)69-66-63-60-57-54-51-48-45-28-26-23-20-17-14-11-8-5-2/h7-8,10-11,16-17,19-21,24-28,30-31,33-34,36-37,48,51,72H,4-6,9,12-15,18,22-23,29,32,35,38-47,49-50,52-71H2,1-3H3/b10-7-,11-8-,19-16-,20-17-,24-21-,27-25-,28-26-,31-30-,34-33-,37-36-,51-48-. The first-order valence-electron chi connectivity index (χ1n) is 33.7. The Labute approximate surface area is 500 Å². The highest BCUT2D eigenvalue weighted by Crippen LogP contribution is 2.16. The molecule has 0 amide bonds. The summed E-state index contributed by atoms with van der Waals surface area (Å²) in [6.45, 7) is 6.38. The van der Waals surface area contributed by atoms with E-state index in [9.17, 15) is 14.4 Å². The second-order valence-corrected chi connectivity index (χ2v) is 22.0. The smallest absolute Gasteiger partial charge is 0.306 e. The van der Waals surface area contributed by atoms with Crippen molar-refractivity contribution in [2.24, 2.45) is 0 Å². The summed E-state index contributed by atoms with van der Waals surface area (Å²) in [7, 11) is 0. The van der Waals surface area contributed by atoms with Crippen molar-refractivity contribution in [3.63, 3.8) is 0 Å². The zero-order valence-electron chi connectivity index (χ0n) is 52.8. The van der Waals surface area contributed by atoms with E-state index in [0.717, 1.165) is 141 Å². The maximum Gasteiger partial charge on any atom is 0.306 e. The number of rotatable bonds is 60. The van der Waals surface area contributed by atoms with Gasteiger partial charge in [-0.3, -0.25) is 14.4 Å². The molecule has 6 nitrogen and oxygen atoms in total. The monoisotopic (exact) mass is 1120 g/mol. The van der Waals surface area contributed by atoms with Gasteiger partial charge in [0.1, 0.15) is 13.2 Å². The number of carbonyl (C=O) groups is 3. The highest BCUT2D eigenvalue weighted by molar-refractivity contribution is 5.71. The predicted octanol–water partition coefficient (Wildman–Crippen LogP) is 23.3. The van der Waals surface area contributed by atoms with Crippen molar-refractivity contribution in [2.75, 3.05) is 13.2 Å². The van der Waals surface area contributed by atoms with Crippen molar-refractivity contribution >= 4 is 17.9 Å². The summed E-state index contributed by atoms with van der Waals surface area (Å²) in [5.41, 5.74) is 0. The van der Waals surface area contributed by atoms with Gasteiger partial charge in [0.2, 0.25) is 0 Å². The second-order valence-electron chi connectivity index (χ2n) is 22.0. The number of ether oxygens (including phenoxy) is 3. The maximum absolute atomic E-state index is 12.9. The van der Waals surface area contributed by atoms with Gasteiger partial charge in [-0.25, -0.2) is 0 Å². The van der Waals surface area contributed by atoms with Gasteiger partial charge in [0.25, 0.3) is 0 Å². The summed E-state index contributed by atoms with van der Waals surface area (Å²) >= 11 is 0. The van der Waals surface area contributed by atoms with Crippen LogP contribution in [0.3, 0.4) is 0 Å². The van der Waals surface area contributed by atoms with E-state index < -0.39 is 6.10 Å². The Kier molecular flexibility index (Phi) is 64.3. The van der Waals surface area contributed by atoms with E-state index >= 15 is 0 Å². The van der Waals surface area contributed by atoms with E-state index in [4.69, 9.17) is 14.2 Å². The summed E-state index contributed by atoms with van der Waals surface area (Å²) in [4.78, 5) is 38.3. The van der Waals surface area contributed by atoms with Gasteiger partial charge in [-0.05, 0) is 135 Å². The average Bonchev–Trinajstić information content (AvgIpc) is 3.46. The fraction of sp³-hybridized carbons (Fsp3) is 0.667. The van der Waals surface area contributed by atoms with E-state index in [1.807, 2.05) is 0 Å². The van der Waals surface area contributed by atoms with Crippen molar-refractivity contribution in [1.82, 2.24) is 0 Å². The zero-order valence-corrected chi connectivity index (χ0v) is 52.8. The normalized spacial score (nSPS) is 13.0. The van der Waals surface area contributed by atoms with E-state index in [0.29, 0.717) is 19.3 Å². The van der Waals surface area contributed by atoms with Crippen LogP contribution in [0.5, 0.6) is 0 Å². The molecule has 0 saturated carbocycles. The fourth-order valence-electron chi connectivity index (χ4n) is 9.14. The second kappa shape index (κ2) is 68.1. The first-order chi connectivity index (χ1) is 40.0. The molecule has 6 heteroatoms. The number of hydrogen-bond donors (Lipinski definition) is 0. The van der Waals surface area contributed by atoms with E-state index in [2.05, 4.69) is 154 Å². The molecule has 0 rings (SSSR count). The summed E-state index contributed by atoms with van der Waals surface area (Å²) < 4.78 is 16.9. The molecule has 0 heterocycles. The number of esters is 3. The minimum Gasteiger partial charge on any atom is -0.462 e. The van der Waals surface area contributed by atoms with Crippen LogP contribution < -0.4 is 0 Å². The van der Waals surface area contributed by atoms with Crippen LogP contribution in [0.1, 0.15) is 303 Å². The van der Waals surface area contributed by atoms with Gasteiger partial charge in [-0.15, -0.1) is 0 Å². The van der Waals surface area contributed by atoms with Crippen molar-refractivity contribution in [1.29, 1.82) is 0 Å². The van der Waals surface area contributed by atoms with E-state index in [-0.39, 0.29) is 31.1 Å². The highest BCUT2D eigenvalue weighted by atomic mass is 16.6. The Balaban J connectivity index is 4.24. The van der Waals surface area contributed by atoms with Crippen molar-refractivity contribution in [2.45, 2.75) is 309 Å². The van der Waals surface area contributed by atoms with E-state index in [1.165, 1.54) is 122 Å². The van der Waals surface area contributed by atoms with Gasteiger partial charge in [0, 0.05) is 19.3 Å². The van der Waals surface area contributed by atoms with Crippen LogP contribution in [-0.4, -0.2) is 37.2 Å². The summed E-state index contributed by atoms with van der Waals surface area (Å²) in [5, 5.41) is 0. The van der Waals surface area contributed by atoms with Crippen molar-refractivity contribution in [3.8, 4) is 0 Å². The van der Waals surface area contributed by atoms with Gasteiger partial charge < -0.3 is 14.2 Å². The number of unbranched alkanes of at least 4 members (excludes halogenated alkanes) is 27. The molecule has 0 saturated heterocycles. The quantitative estimate of drug-likeness (QED) is 0.0261. The number of hydrogen-bond acceptors (Lipinski definition) is 6. The fourth-order valence-corrected chi connectivity index (χ4v) is 9.14. The van der Waals surface area contributed by atoms with Crippen molar-refractivity contribution in [3.05, 3.63) is 134 Å². The molecule has 0 spiro atoms. The van der Waals surface area contributed by atoms with Crippen LogP contribution in [0, 0.1) is 0 Å². The molecule has 0 radical (unpaired) electrons. The van der Waals surface area contributed by atoms with Crippen LogP contribution in [-0.2, 0) is 28.6 Å². The third-order valence-corrected chi connectivity index (χ3v) is 14.1. The van der Waals surface area contributed by atoms with Crippen LogP contribution in [0.25, 0.3) is 0 Å². The molecule has 0 aliphatic heterocycles. The molecule has 0 aromatic carbocycles. The Bertz CT molecular complexity index is 1720. The SMILES string of the molecule is CC/C=C\C/C=C\C/C=C\C/C=C\C/C=C\C/C=C\CCCCCCCCCCCCCCCCC(=O)OCC(COC(=O)CCCCCCC/C=C\CCCCCC)OC(=O)CCCCCC/C=C\C/C=C\C/C=C\C/C=C\CC. The third-order valence-electron chi connectivity index (χ3n) is 14.1. The molecule has 0 aliphatic rings. The minimum atomic E-state index is -0.798. The lowest BCUT2D eigenvalue weighted by Gasteiger charge is -2.18. The summed E-state index contributed by atoms with van der Waals surface area (Å²) in [5.74, 6) is -0.921. The topological polar surface area (TPSA) is 78.9 Å². The molecule has 1 atom stereocenters. The maximum atomic E-state index is 12.9. The lowest BCUT2D eigenvalue weighted by atomic mass is 10.0. The lowest BCUT2D eigenvalue weighted by Crippen LogP contribution is -2.30. The highest BCUT2D eigenvalue weighted by Gasteiger charge is 2.19. The van der Waals surface area contributed by atoms with Gasteiger partial charge >= 0.3 is 17.9 Å². The molecule has 0 aliphatic carbocycles.